The van der Waals surface area contributed by atoms with E-state index in [1.165, 1.54) is 22.9 Å². The van der Waals surface area contributed by atoms with Gasteiger partial charge in [-0.05, 0) is 31.5 Å². The molecule has 0 saturated carbocycles. The van der Waals surface area contributed by atoms with E-state index in [1.807, 2.05) is 0 Å². The summed E-state index contributed by atoms with van der Waals surface area (Å²) >= 11 is 0. The van der Waals surface area contributed by atoms with Crippen LogP contribution in [0.25, 0.3) is 11.0 Å². The van der Waals surface area contributed by atoms with E-state index in [9.17, 15) is 24.2 Å². The molecule has 0 fully saturated rings. The van der Waals surface area contributed by atoms with Gasteiger partial charge >= 0.3 is 5.97 Å². The molecular formula is C22H21FN2O6. The molecule has 1 atom stereocenters. The molecule has 2 N–H and O–H groups in total. The topological polar surface area (TPSA) is 111 Å². The molecule has 0 saturated heterocycles. The van der Waals surface area contributed by atoms with E-state index in [0.717, 1.165) is 5.56 Å². The van der Waals surface area contributed by atoms with Crippen LogP contribution in [-0.2, 0) is 17.7 Å². The highest BCUT2D eigenvalue weighted by atomic mass is 19.1. The molecule has 8 nitrogen and oxygen atoms in total. The maximum absolute atomic E-state index is 13.3. The number of carbonyl (C=O) groups is 1. The number of rotatable bonds is 5. The van der Waals surface area contributed by atoms with Crippen LogP contribution in [-0.4, -0.2) is 44.5 Å². The minimum Gasteiger partial charge on any atom is -0.505 e. The van der Waals surface area contributed by atoms with Gasteiger partial charge in [0.1, 0.15) is 22.5 Å². The summed E-state index contributed by atoms with van der Waals surface area (Å²) in [4.78, 5) is 29.8. The summed E-state index contributed by atoms with van der Waals surface area (Å²) in [5.74, 6) is -1.64. The third-order valence-corrected chi connectivity index (χ3v) is 5.23. The number of pyridine rings is 2. The quantitative estimate of drug-likeness (QED) is 0.599. The zero-order valence-corrected chi connectivity index (χ0v) is 17.0. The molecule has 9 heteroatoms. The Kier molecular flexibility index (Phi) is 5.14. The second-order valence-electron chi connectivity index (χ2n) is 7.66. The average molecular weight is 428 g/mol. The average Bonchev–Trinajstić information content (AvgIpc) is 2.74. The lowest BCUT2D eigenvalue weighted by Gasteiger charge is -2.36. The molecule has 0 spiro atoms. The molecule has 0 aliphatic carbocycles. The number of aliphatic hydroxyl groups excluding tert-OH is 1. The Balaban J connectivity index is 1.97. The van der Waals surface area contributed by atoms with Crippen LogP contribution in [0, 0.1) is 5.82 Å². The first kappa shape index (κ1) is 20.8. The minimum absolute atomic E-state index is 0.0144. The molecule has 1 aliphatic rings. The molecule has 0 unspecified atom stereocenters. The van der Waals surface area contributed by atoms with Crippen molar-refractivity contribution < 1.29 is 28.9 Å². The van der Waals surface area contributed by atoms with E-state index in [4.69, 9.17) is 9.47 Å². The number of benzene rings is 1. The van der Waals surface area contributed by atoms with Crippen molar-refractivity contribution >= 4 is 17.0 Å². The van der Waals surface area contributed by atoms with Crippen LogP contribution in [0.2, 0.25) is 0 Å². The van der Waals surface area contributed by atoms with Crippen molar-refractivity contribution in [3.63, 3.8) is 0 Å². The molecule has 3 aromatic rings. The molecule has 0 radical (unpaired) electrons. The maximum Gasteiger partial charge on any atom is 0.347 e. The zero-order valence-electron chi connectivity index (χ0n) is 17.0. The molecule has 162 valence electrons. The third-order valence-electron chi connectivity index (χ3n) is 5.23. The van der Waals surface area contributed by atoms with Gasteiger partial charge in [-0.3, -0.25) is 14.3 Å². The van der Waals surface area contributed by atoms with Crippen LogP contribution >= 0.6 is 0 Å². The maximum atomic E-state index is 13.3. The van der Waals surface area contributed by atoms with Crippen LogP contribution in [0.15, 0.2) is 35.3 Å². The number of aromatic hydroxyl groups is 1. The van der Waals surface area contributed by atoms with Crippen molar-refractivity contribution in [3.05, 3.63) is 63.3 Å². The van der Waals surface area contributed by atoms with Gasteiger partial charge in [0.25, 0.3) is 5.56 Å². The highest BCUT2D eigenvalue weighted by Gasteiger charge is 2.37. The van der Waals surface area contributed by atoms with Gasteiger partial charge in [-0.15, -0.1) is 0 Å². The van der Waals surface area contributed by atoms with Crippen molar-refractivity contribution in [1.29, 1.82) is 0 Å². The number of hydrogen-bond donors (Lipinski definition) is 2. The molecule has 2 aromatic heterocycles. The van der Waals surface area contributed by atoms with Crippen LogP contribution in [0.3, 0.4) is 0 Å². The molecular weight excluding hydrogens is 407 g/mol. The van der Waals surface area contributed by atoms with Crippen LogP contribution < -0.4 is 10.3 Å². The standard InChI is InChI=1S/C22H21FN2O6/c1-3-30-21(29)15-18(27)16-17-19(31-22(2,11-26)10-25(17)20(15)28)13(9-24-16)8-12-4-6-14(23)7-5-12/h4-7,9,26-27H,3,8,10-11H2,1-2H3/t22-/m1/s1. The van der Waals surface area contributed by atoms with Gasteiger partial charge < -0.3 is 19.7 Å². The van der Waals surface area contributed by atoms with E-state index < -0.39 is 35.0 Å². The summed E-state index contributed by atoms with van der Waals surface area (Å²) < 4.78 is 25.5. The minimum atomic E-state index is -1.15. The van der Waals surface area contributed by atoms with Crippen molar-refractivity contribution in [2.45, 2.75) is 32.4 Å². The predicted octanol–water partition coefficient (Wildman–Crippen LogP) is 2.15. The highest BCUT2D eigenvalue weighted by molar-refractivity contribution is 6.00. The smallest absolute Gasteiger partial charge is 0.347 e. The van der Waals surface area contributed by atoms with Crippen molar-refractivity contribution in [2.75, 3.05) is 13.2 Å². The number of esters is 1. The lowest BCUT2D eigenvalue weighted by Crippen LogP contribution is -2.47. The molecule has 4 rings (SSSR count). The second kappa shape index (κ2) is 7.66. The summed E-state index contributed by atoms with van der Waals surface area (Å²) in [6.07, 6.45) is 1.78. The van der Waals surface area contributed by atoms with E-state index >= 15 is 0 Å². The summed E-state index contributed by atoms with van der Waals surface area (Å²) in [6, 6.07) is 5.91. The normalized spacial score (nSPS) is 17.4. The van der Waals surface area contributed by atoms with E-state index in [0.29, 0.717) is 12.0 Å². The first-order valence-corrected chi connectivity index (χ1v) is 9.76. The SMILES string of the molecule is CCOC(=O)c1c(O)c2ncc(Cc3ccc(F)cc3)c3c2n(c1=O)C[C@](C)(CO)O3. The molecule has 1 aliphatic heterocycles. The van der Waals surface area contributed by atoms with Crippen LogP contribution in [0.5, 0.6) is 11.5 Å². The van der Waals surface area contributed by atoms with E-state index in [1.54, 1.807) is 26.0 Å². The highest BCUT2D eigenvalue weighted by Crippen LogP contribution is 2.40. The summed E-state index contributed by atoms with van der Waals surface area (Å²) in [6.45, 7) is 2.80. The lowest BCUT2D eigenvalue weighted by molar-refractivity contribution is 0.00340. The molecule has 31 heavy (non-hydrogen) atoms. The first-order chi connectivity index (χ1) is 14.8. The van der Waals surface area contributed by atoms with Crippen molar-refractivity contribution in [1.82, 2.24) is 9.55 Å². The van der Waals surface area contributed by atoms with Gasteiger partial charge in [0.05, 0.1) is 19.8 Å². The third kappa shape index (κ3) is 3.50. The Labute approximate surface area is 176 Å². The van der Waals surface area contributed by atoms with Gasteiger partial charge in [-0.2, -0.15) is 0 Å². The van der Waals surface area contributed by atoms with Gasteiger partial charge in [0.2, 0.25) is 0 Å². The number of hydrogen-bond acceptors (Lipinski definition) is 7. The molecule has 0 bridgehead atoms. The number of aliphatic hydroxyl groups is 1. The van der Waals surface area contributed by atoms with Gasteiger partial charge in [-0.25, -0.2) is 9.18 Å². The van der Waals surface area contributed by atoms with Gasteiger partial charge in [-0.1, -0.05) is 12.1 Å². The fourth-order valence-corrected chi connectivity index (χ4v) is 3.70. The molecule has 0 amide bonds. The lowest BCUT2D eigenvalue weighted by atomic mass is 10.00. The number of halogens is 1. The number of ether oxygens (including phenoxy) is 2. The molecule has 3 heterocycles. The van der Waals surface area contributed by atoms with Crippen LogP contribution in [0.4, 0.5) is 4.39 Å². The number of nitrogens with zero attached hydrogens (tertiary/aromatic N) is 2. The Hall–Kier alpha value is -3.46. The number of carbonyl (C=O) groups excluding carboxylic acids is 1. The Morgan fingerprint density at radius 1 is 1.35 bits per heavy atom. The van der Waals surface area contributed by atoms with E-state index in [-0.39, 0.29) is 35.8 Å². The molecule has 1 aromatic carbocycles. The van der Waals surface area contributed by atoms with Crippen molar-refractivity contribution in [2.24, 2.45) is 0 Å². The Morgan fingerprint density at radius 3 is 2.71 bits per heavy atom. The van der Waals surface area contributed by atoms with Crippen LogP contribution in [0.1, 0.15) is 35.3 Å². The fraction of sp³-hybridized carbons (Fsp3) is 0.318. The largest absolute Gasteiger partial charge is 0.505 e. The van der Waals surface area contributed by atoms with Gasteiger partial charge in [0.15, 0.2) is 17.1 Å². The second-order valence-corrected chi connectivity index (χ2v) is 7.66. The predicted molar refractivity (Wildman–Crippen MR) is 109 cm³/mol. The Bertz CT molecular complexity index is 1240. The monoisotopic (exact) mass is 428 g/mol. The van der Waals surface area contributed by atoms with Crippen molar-refractivity contribution in [3.8, 4) is 11.5 Å². The number of aromatic nitrogens is 2. The first-order valence-electron chi connectivity index (χ1n) is 9.76. The summed E-state index contributed by atoms with van der Waals surface area (Å²) in [5, 5.41) is 20.6. The summed E-state index contributed by atoms with van der Waals surface area (Å²) in [7, 11) is 0. The fourth-order valence-electron chi connectivity index (χ4n) is 3.70. The van der Waals surface area contributed by atoms with E-state index in [2.05, 4.69) is 4.98 Å². The Morgan fingerprint density at radius 2 is 2.06 bits per heavy atom. The zero-order chi connectivity index (χ0) is 22.3. The van der Waals surface area contributed by atoms with Gasteiger partial charge in [0, 0.05) is 18.2 Å². The summed E-state index contributed by atoms with van der Waals surface area (Å²) in [5.41, 5.74) is -0.822.